The van der Waals surface area contributed by atoms with Crippen molar-refractivity contribution in [1.82, 2.24) is 0 Å². The van der Waals surface area contributed by atoms with E-state index >= 15 is 0 Å². The summed E-state index contributed by atoms with van der Waals surface area (Å²) in [6.07, 6.45) is 3.24. The standard InChI is InChI=1S/C14H17ClO3/c15-11-6-4-10(5-7-11)9-14(18)8-2-1-3-12(14)13(16)17/h4-7,12,18H,1-3,8-9H2,(H,16,17). The van der Waals surface area contributed by atoms with Gasteiger partial charge in [0.25, 0.3) is 0 Å². The van der Waals surface area contributed by atoms with Crippen LogP contribution in [0.1, 0.15) is 31.2 Å². The summed E-state index contributed by atoms with van der Waals surface area (Å²) >= 11 is 5.81. The van der Waals surface area contributed by atoms with Gasteiger partial charge in [0, 0.05) is 11.4 Å². The van der Waals surface area contributed by atoms with Crippen LogP contribution in [0.5, 0.6) is 0 Å². The molecule has 2 unspecified atom stereocenters. The van der Waals surface area contributed by atoms with Crippen LogP contribution in [-0.4, -0.2) is 21.8 Å². The minimum atomic E-state index is -1.13. The Morgan fingerprint density at radius 3 is 2.61 bits per heavy atom. The Kier molecular flexibility index (Phi) is 3.93. The maximum Gasteiger partial charge on any atom is 0.309 e. The highest BCUT2D eigenvalue weighted by atomic mass is 35.5. The molecule has 98 valence electrons. The van der Waals surface area contributed by atoms with Crippen LogP contribution >= 0.6 is 11.6 Å². The van der Waals surface area contributed by atoms with E-state index in [1.165, 1.54) is 0 Å². The highest BCUT2D eigenvalue weighted by Crippen LogP contribution is 2.36. The largest absolute Gasteiger partial charge is 0.481 e. The third-order valence-electron chi connectivity index (χ3n) is 3.72. The quantitative estimate of drug-likeness (QED) is 0.886. The van der Waals surface area contributed by atoms with E-state index in [1.807, 2.05) is 12.1 Å². The van der Waals surface area contributed by atoms with E-state index < -0.39 is 17.5 Å². The molecule has 1 aromatic carbocycles. The number of hydrogen-bond donors (Lipinski definition) is 2. The maximum absolute atomic E-state index is 11.2. The lowest BCUT2D eigenvalue weighted by atomic mass is 9.72. The lowest BCUT2D eigenvalue weighted by Gasteiger charge is -2.37. The molecule has 0 heterocycles. The molecule has 0 spiro atoms. The number of aliphatic carboxylic acids is 1. The summed E-state index contributed by atoms with van der Waals surface area (Å²) in [7, 11) is 0. The maximum atomic E-state index is 11.2. The number of halogens is 1. The number of aliphatic hydroxyl groups is 1. The average Bonchev–Trinajstić information content (AvgIpc) is 2.32. The Bertz CT molecular complexity index is 429. The monoisotopic (exact) mass is 268 g/mol. The van der Waals surface area contributed by atoms with Crippen molar-refractivity contribution in [2.24, 2.45) is 5.92 Å². The van der Waals surface area contributed by atoms with Crippen LogP contribution in [0.3, 0.4) is 0 Å². The van der Waals surface area contributed by atoms with Gasteiger partial charge >= 0.3 is 5.97 Å². The van der Waals surface area contributed by atoms with Crippen molar-refractivity contribution in [1.29, 1.82) is 0 Å². The first kappa shape index (κ1) is 13.4. The van der Waals surface area contributed by atoms with Gasteiger partial charge in [0.2, 0.25) is 0 Å². The summed E-state index contributed by atoms with van der Waals surface area (Å²) in [6.45, 7) is 0. The van der Waals surface area contributed by atoms with Crippen molar-refractivity contribution in [3.05, 3.63) is 34.9 Å². The summed E-state index contributed by atoms with van der Waals surface area (Å²) in [6, 6.07) is 7.21. The average molecular weight is 269 g/mol. The predicted octanol–water partition coefficient (Wildman–Crippen LogP) is 2.89. The van der Waals surface area contributed by atoms with Crippen molar-refractivity contribution in [3.8, 4) is 0 Å². The Balaban J connectivity index is 2.18. The Labute approximate surface area is 111 Å². The Hall–Kier alpha value is -1.06. The lowest BCUT2D eigenvalue weighted by Crippen LogP contribution is -2.46. The molecule has 0 amide bonds. The summed E-state index contributed by atoms with van der Waals surface area (Å²) in [5.41, 5.74) is -0.201. The van der Waals surface area contributed by atoms with Crippen molar-refractivity contribution >= 4 is 17.6 Å². The van der Waals surface area contributed by atoms with Crippen LogP contribution in [0.15, 0.2) is 24.3 Å². The molecule has 0 aliphatic heterocycles. The zero-order valence-electron chi connectivity index (χ0n) is 10.1. The van der Waals surface area contributed by atoms with Crippen LogP contribution < -0.4 is 0 Å². The van der Waals surface area contributed by atoms with Crippen molar-refractivity contribution < 1.29 is 15.0 Å². The van der Waals surface area contributed by atoms with E-state index in [9.17, 15) is 15.0 Å². The zero-order valence-corrected chi connectivity index (χ0v) is 10.9. The SMILES string of the molecule is O=C(O)C1CCCCC1(O)Cc1ccc(Cl)cc1. The van der Waals surface area contributed by atoms with Gasteiger partial charge in [-0.15, -0.1) is 0 Å². The molecule has 2 N–H and O–H groups in total. The molecule has 2 atom stereocenters. The fourth-order valence-electron chi connectivity index (χ4n) is 2.74. The molecule has 0 bridgehead atoms. The van der Waals surface area contributed by atoms with E-state index in [2.05, 4.69) is 0 Å². The van der Waals surface area contributed by atoms with Crippen molar-refractivity contribution in [2.45, 2.75) is 37.7 Å². The smallest absolute Gasteiger partial charge is 0.309 e. The van der Waals surface area contributed by atoms with Crippen molar-refractivity contribution in [3.63, 3.8) is 0 Å². The Morgan fingerprint density at radius 1 is 1.33 bits per heavy atom. The van der Waals surface area contributed by atoms with E-state index in [-0.39, 0.29) is 0 Å². The second kappa shape index (κ2) is 5.29. The van der Waals surface area contributed by atoms with Gasteiger partial charge in [0.1, 0.15) is 0 Å². The van der Waals surface area contributed by atoms with Crippen LogP contribution in [0.4, 0.5) is 0 Å². The number of hydrogen-bond acceptors (Lipinski definition) is 2. The molecule has 4 heteroatoms. The number of benzene rings is 1. The van der Waals surface area contributed by atoms with Gasteiger partial charge in [-0.3, -0.25) is 4.79 Å². The van der Waals surface area contributed by atoms with Crippen LogP contribution in [-0.2, 0) is 11.2 Å². The van der Waals surface area contributed by atoms with E-state index in [1.54, 1.807) is 12.1 Å². The van der Waals surface area contributed by atoms with Gasteiger partial charge in [-0.2, -0.15) is 0 Å². The lowest BCUT2D eigenvalue weighted by molar-refractivity contribution is -0.155. The molecule has 2 rings (SSSR count). The molecular formula is C14H17ClO3. The number of rotatable bonds is 3. The molecule has 1 aliphatic carbocycles. The van der Waals surface area contributed by atoms with E-state index in [0.29, 0.717) is 24.3 Å². The molecular weight excluding hydrogens is 252 g/mol. The highest BCUT2D eigenvalue weighted by Gasteiger charge is 2.43. The molecule has 1 aliphatic rings. The first-order chi connectivity index (χ1) is 8.51. The first-order valence-electron chi connectivity index (χ1n) is 6.21. The fourth-order valence-corrected chi connectivity index (χ4v) is 2.87. The summed E-state index contributed by atoms with van der Waals surface area (Å²) in [5, 5.41) is 20.5. The first-order valence-corrected chi connectivity index (χ1v) is 6.59. The molecule has 18 heavy (non-hydrogen) atoms. The van der Waals surface area contributed by atoms with Gasteiger partial charge < -0.3 is 10.2 Å². The molecule has 1 aromatic rings. The number of carboxylic acid groups (broad SMARTS) is 1. The van der Waals surface area contributed by atoms with E-state index in [4.69, 9.17) is 11.6 Å². The van der Waals surface area contributed by atoms with Crippen LogP contribution in [0, 0.1) is 5.92 Å². The normalized spacial score (nSPS) is 28.0. The molecule has 1 saturated carbocycles. The topological polar surface area (TPSA) is 57.5 Å². The summed E-state index contributed by atoms with van der Waals surface area (Å²) in [4.78, 5) is 11.2. The molecule has 1 fully saturated rings. The fraction of sp³-hybridized carbons (Fsp3) is 0.500. The van der Waals surface area contributed by atoms with Crippen LogP contribution in [0.25, 0.3) is 0 Å². The molecule has 3 nitrogen and oxygen atoms in total. The zero-order chi connectivity index (χ0) is 13.2. The predicted molar refractivity (Wildman–Crippen MR) is 69.7 cm³/mol. The van der Waals surface area contributed by atoms with Gasteiger partial charge in [-0.05, 0) is 30.5 Å². The summed E-state index contributed by atoms with van der Waals surface area (Å²) in [5.74, 6) is -1.56. The van der Waals surface area contributed by atoms with Crippen LogP contribution in [0.2, 0.25) is 5.02 Å². The van der Waals surface area contributed by atoms with Crippen molar-refractivity contribution in [2.75, 3.05) is 0 Å². The van der Waals surface area contributed by atoms with Gasteiger partial charge in [-0.1, -0.05) is 36.6 Å². The highest BCUT2D eigenvalue weighted by molar-refractivity contribution is 6.30. The minimum Gasteiger partial charge on any atom is -0.481 e. The van der Waals surface area contributed by atoms with E-state index in [0.717, 1.165) is 18.4 Å². The third kappa shape index (κ3) is 2.85. The second-order valence-electron chi connectivity index (χ2n) is 5.04. The number of carbonyl (C=O) groups is 1. The number of carboxylic acids is 1. The minimum absolute atomic E-state index is 0.376. The molecule has 0 aromatic heterocycles. The third-order valence-corrected chi connectivity index (χ3v) is 3.97. The van der Waals surface area contributed by atoms with Gasteiger partial charge in [0.15, 0.2) is 0 Å². The Morgan fingerprint density at radius 2 is 2.00 bits per heavy atom. The summed E-state index contributed by atoms with van der Waals surface area (Å²) < 4.78 is 0. The van der Waals surface area contributed by atoms with Gasteiger partial charge in [0.05, 0.1) is 11.5 Å². The second-order valence-corrected chi connectivity index (χ2v) is 5.48. The molecule has 0 radical (unpaired) electrons. The van der Waals surface area contributed by atoms with Gasteiger partial charge in [-0.25, -0.2) is 0 Å². The molecule has 0 saturated heterocycles.